The van der Waals surface area contributed by atoms with Crippen LogP contribution < -0.4 is 5.32 Å². The van der Waals surface area contributed by atoms with E-state index in [4.69, 9.17) is 4.74 Å². The van der Waals surface area contributed by atoms with E-state index in [-0.39, 0.29) is 17.3 Å². The number of aromatic nitrogens is 2. The molecule has 2 aromatic carbocycles. The number of rotatable bonds is 7. The Labute approximate surface area is 187 Å². The maximum atomic E-state index is 13.2. The van der Waals surface area contributed by atoms with Crippen molar-refractivity contribution in [3.05, 3.63) is 77.1 Å². The lowest BCUT2D eigenvalue weighted by atomic mass is 10.1. The number of benzene rings is 2. The van der Waals surface area contributed by atoms with Crippen LogP contribution in [0.25, 0.3) is 0 Å². The lowest BCUT2D eigenvalue weighted by Gasteiger charge is -2.27. The van der Waals surface area contributed by atoms with E-state index in [0.29, 0.717) is 31.9 Å². The predicted molar refractivity (Wildman–Crippen MR) is 120 cm³/mol. The van der Waals surface area contributed by atoms with E-state index in [9.17, 15) is 13.2 Å². The number of fused-ring (bicyclic) bond motifs is 1. The van der Waals surface area contributed by atoms with Gasteiger partial charge in [-0.05, 0) is 29.8 Å². The number of anilines is 1. The summed E-state index contributed by atoms with van der Waals surface area (Å²) in [6, 6.07) is 16.1. The fourth-order valence-corrected chi connectivity index (χ4v) is 5.28. The Morgan fingerprint density at radius 1 is 1.09 bits per heavy atom. The van der Waals surface area contributed by atoms with Gasteiger partial charge in [-0.25, -0.2) is 8.42 Å². The molecule has 32 heavy (non-hydrogen) atoms. The minimum atomic E-state index is -3.68. The minimum absolute atomic E-state index is 0.195. The van der Waals surface area contributed by atoms with Crippen molar-refractivity contribution in [3.63, 3.8) is 0 Å². The molecule has 168 valence electrons. The fraction of sp³-hybridized carbons (Fsp3) is 0.304. The molecule has 0 aliphatic carbocycles. The Bertz CT molecular complexity index is 1200. The maximum absolute atomic E-state index is 13.2. The topological polar surface area (TPSA) is 93.5 Å². The second-order valence-corrected chi connectivity index (χ2v) is 9.71. The van der Waals surface area contributed by atoms with Crippen LogP contribution in [0.2, 0.25) is 0 Å². The van der Waals surface area contributed by atoms with Gasteiger partial charge in [0.05, 0.1) is 23.8 Å². The summed E-state index contributed by atoms with van der Waals surface area (Å²) in [5, 5.41) is 7.23. The van der Waals surface area contributed by atoms with Crippen LogP contribution in [0.1, 0.15) is 29.4 Å². The van der Waals surface area contributed by atoms with Crippen LogP contribution in [0.15, 0.2) is 59.5 Å². The number of nitrogens with zero attached hydrogens (tertiary/aromatic N) is 3. The third-order valence-corrected chi connectivity index (χ3v) is 7.31. The van der Waals surface area contributed by atoms with E-state index in [2.05, 4.69) is 10.4 Å². The van der Waals surface area contributed by atoms with E-state index < -0.39 is 10.0 Å². The molecule has 0 saturated carbocycles. The summed E-state index contributed by atoms with van der Waals surface area (Å²) in [6.07, 6.45) is 0.584. The van der Waals surface area contributed by atoms with Gasteiger partial charge in [0.1, 0.15) is 0 Å². The van der Waals surface area contributed by atoms with Gasteiger partial charge in [0, 0.05) is 50.4 Å². The zero-order chi connectivity index (χ0) is 22.7. The average molecular weight is 455 g/mol. The Kier molecular flexibility index (Phi) is 6.40. The molecular formula is C23H26N4O4S. The fourth-order valence-electron chi connectivity index (χ4n) is 3.87. The minimum Gasteiger partial charge on any atom is -0.370 e. The summed E-state index contributed by atoms with van der Waals surface area (Å²) in [6.45, 7) is 2.83. The predicted octanol–water partition coefficient (Wildman–Crippen LogP) is 2.84. The first-order valence-corrected chi connectivity index (χ1v) is 11.8. The van der Waals surface area contributed by atoms with Gasteiger partial charge >= 0.3 is 0 Å². The molecule has 1 amide bonds. The van der Waals surface area contributed by atoms with E-state index in [1.165, 1.54) is 23.4 Å². The highest BCUT2D eigenvalue weighted by Crippen LogP contribution is 2.28. The first-order chi connectivity index (χ1) is 15.3. The van der Waals surface area contributed by atoms with Crippen LogP contribution in [-0.4, -0.2) is 35.0 Å². The summed E-state index contributed by atoms with van der Waals surface area (Å²) in [5.74, 6) is -0.206. The number of hydrogen-bond acceptors (Lipinski definition) is 5. The van der Waals surface area contributed by atoms with Crippen LogP contribution in [0, 0.1) is 0 Å². The lowest BCUT2D eigenvalue weighted by Crippen LogP contribution is -2.36. The molecular weight excluding hydrogens is 428 g/mol. The van der Waals surface area contributed by atoms with Crippen molar-refractivity contribution < 1.29 is 17.9 Å². The molecule has 3 aromatic rings. The Balaban J connectivity index is 1.49. The van der Waals surface area contributed by atoms with Gasteiger partial charge in [-0.1, -0.05) is 30.3 Å². The zero-order valence-electron chi connectivity index (χ0n) is 18.1. The molecule has 1 aromatic heterocycles. The standard InChI is InChI=1S/C23H26N4O4S/c1-17(28)24-19-8-10-20(11-9-19)32(29,30)27-13-12-23-21(14-27)22(25-26(23)2)16-31-15-18-6-4-3-5-7-18/h3-11H,12-16H2,1-2H3,(H,24,28). The third kappa shape index (κ3) is 4.74. The Morgan fingerprint density at radius 2 is 1.81 bits per heavy atom. The Morgan fingerprint density at radius 3 is 2.50 bits per heavy atom. The number of sulfonamides is 1. The van der Waals surface area contributed by atoms with Gasteiger partial charge in [-0.3, -0.25) is 9.48 Å². The third-order valence-electron chi connectivity index (χ3n) is 5.45. The highest BCUT2D eigenvalue weighted by Gasteiger charge is 2.32. The van der Waals surface area contributed by atoms with Crippen LogP contribution in [0.3, 0.4) is 0 Å². The molecule has 1 N–H and O–H groups in total. The summed E-state index contributed by atoms with van der Waals surface area (Å²) in [4.78, 5) is 11.4. The smallest absolute Gasteiger partial charge is 0.243 e. The molecule has 0 bridgehead atoms. The lowest BCUT2D eigenvalue weighted by molar-refractivity contribution is -0.114. The van der Waals surface area contributed by atoms with Gasteiger partial charge in [0.25, 0.3) is 0 Å². The van der Waals surface area contributed by atoms with Crippen LogP contribution in [0.5, 0.6) is 0 Å². The molecule has 9 heteroatoms. The molecule has 0 saturated heterocycles. The molecule has 0 fully saturated rings. The highest BCUT2D eigenvalue weighted by atomic mass is 32.2. The van der Waals surface area contributed by atoms with Crippen molar-refractivity contribution in [2.24, 2.45) is 7.05 Å². The van der Waals surface area contributed by atoms with E-state index in [1.54, 1.807) is 12.1 Å². The first kappa shape index (κ1) is 22.2. The number of carbonyl (C=O) groups is 1. The second-order valence-electron chi connectivity index (χ2n) is 7.77. The van der Waals surface area contributed by atoms with Gasteiger partial charge in [-0.2, -0.15) is 9.40 Å². The van der Waals surface area contributed by atoms with Crippen molar-refractivity contribution in [3.8, 4) is 0 Å². The zero-order valence-corrected chi connectivity index (χ0v) is 18.9. The quantitative estimate of drug-likeness (QED) is 0.593. The molecule has 8 nitrogen and oxygen atoms in total. The van der Waals surface area contributed by atoms with Gasteiger partial charge in [0.2, 0.25) is 15.9 Å². The van der Waals surface area contributed by atoms with Crippen molar-refractivity contribution in [2.45, 2.75) is 38.0 Å². The van der Waals surface area contributed by atoms with Crippen molar-refractivity contribution in [1.82, 2.24) is 14.1 Å². The van der Waals surface area contributed by atoms with Gasteiger partial charge < -0.3 is 10.1 Å². The molecule has 0 unspecified atom stereocenters. The van der Waals surface area contributed by atoms with Crippen molar-refractivity contribution in [2.75, 3.05) is 11.9 Å². The Hall–Kier alpha value is -3.01. The van der Waals surface area contributed by atoms with Crippen LogP contribution in [0.4, 0.5) is 5.69 Å². The molecule has 0 radical (unpaired) electrons. The molecule has 0 spiro atoms. The average Bonchev–Trinajstić information content (AvgIpc) is 3.09. The summed E-state index contributed by atoms with van der Waals surface area (Å²) < 4.78 is 35.6. The normalized spacial score (nSPS) is 14.2. The summed E-state index contributed by atoms with van der Waals surface area (Å²) in [5.41, 5.74) is 4.34. The largest absolute Gasteiger partial charge is 0.370 e. The van der Waals surface area contributed by atoms with E-state index in [0.717, 1.165) is 22.5 Å². The molecule has 4 rings (SSSR count). The number of aryl methyl sites for hydroxylation is 1. The van der Waals surface area contributed by atoms with Crippen molar-refractivity contribution in [1.29, 1.82) is 0 Å². The van der Waals surface area contributed by atoms with Crippen LogP contribution >= 0.6 is 0 Å². The number of hydrogen-bond donors (Lipinski definition) is 1. The van der Waals surface area contributed by atoms with E-state index in [1.807, 2.05) is 42.1 Å². The molecule has 1 aliphatic rings. The summed E-state index contributed by atoms with van der Waals surface area (Å²) >= 11 is 0. The number of carbonyl (C=O) groups excluding carboxylic acids is 1. The number of nitrogens with one attached hydrogen (secondary N) is 1. The second kappa shape index (κ2) is 9.23. The monoisotopic (exact) mass is 454 g/mol. The van der Waals surface area contributed by atoms with Crippen molar-refractivity contribution >= 4 is 21.6 Å². The molecule has 1 aliphatic heterocycles. The van der Waals surface area contributed by atoms with Crippen LogP contribution in [-0.2, 0) is 52.8 Å². The number of ether oxygens (including phenoxy) is 1. The maximum Gasteiger partial charge on any atom is 0.243 e. The highest BCUT2D eigenvalue weighted by molar-refractivity contribution is 7.89. The van der Waals surface area contributed by atoms with Gasteiger partial charge in [0.15, 0.2) is 0 Å². The molecule has 2 heterocycles. The SMILES string of the molecule is CC(=O)Nc1ccc(S(=O)(=O)N2CCc3c(c(COCc4ccccc4)nn3C)C2)cc1. The molecule has 0 atom stereocenters. The van der Waals surface area contributed by atoms with E-state index >= 15 is 0 Å². The first-order valence-electron chi connectivity index (χ1n) is 10.4. The number of amides is 1. The summed E-state index contributed by atoms with van der Waals surface area (Å²) in [7, 11) is -1.80. The van der Waals surface area contributed by atoms with Gasteiger partial charge in [-0.15, -0.1) is 0 Å².